The van der Waals surface area contributed by atoms with Crippen LogP contribution in [0.3, 0.4) is 0 Å². The average Bonchev–Trinajstić information content (AvgIpc) is 2.37. The zero-order chi connectivity index (χ0) is 12.1. The molecule has 0 fully saturated rings. The monoisotopic (exact) mass is 357 g/mol. The maximum Gasteiger partial charge on any atom is 0.128 e. The molecular formula is C12H12IN3S. The van der Waals surface area contributed by atoms with Crippen molar-refractivity contribution in [1.29, 1.82) is 0 Å². The summed E-state index contributed by atoms with van der Waals surface area (Å²) < 4.78 is 0.954. The molecule has 17 heavy (non-hydrogen) atoms. The molecule has 0 saturated carbocycles. The van der Waals surface area contributed by atoms with Gasteiger partial charge in [-0.3, -0.25) is 0 Å². The van der Waals surface area contributed by atoms with E-state index in [1.165, 1.54) is 5.56 Å². The second-order valence-electron chi connectivity index (χ2n) is 3.37. The van der Waals surface area contributed by atoms with E-state index >= 15 is 0 Å². The summed E-state index contributed by atoms with van der Waals surface area (Å²) in [5, 5.41) is 4.14. The van der Waals surface area contributed by atoms with E-state index in [0.717, 1.165) is 20.2 Å². The van der Waals surface area contributed by atoms with E-state index in [2.05, 4.69) is 62.1 Å². The summed E-state index contributed by atoms with van der Waals surface area (Å²) in [6, 6.07) is 10.4. The predicted molar refractivity (Wildman–Crippen MR) is 80.3 cm³/mol. The lowest BCUT2D eigenvalue weighted by atomic mass is 10.2. The molecule has 0 aliphatic heterocycles. The van der Waals surface area contributed by atoms with Crippen molar-refractivity contribution in [2.45, 2.75) is 10.8 Å². The Hall–Kier alpha value is -0.820. The Morgan fingerprint density at radius 2 is 2.00 bits per heavy atom. The first kappa shape index (κ1) is 12.6. The van der Waals surface area contributed by atoms with Crippen molar-refractivity contribution >= 4 is 40.0 Å². The molecule has 0 amide bonds. The summed E-state index contributed by atoms with van der Waals surface area (Å²) in [5.41, 5.74) is 2.31. The zero-order valence-electron chi connectivity index (χ0n) is 9.35. The molecule has 3 nitrogen and oxygen atoms in total. The molecule has 2 rings (SSSR count). The third-order valence-corrected chi connectivity index (χ3v) is 4.11. The summed E-state index contributed by atoms with van der Waals surface area (Å²) in [6.45, 7) is 0. The number of anilines is 1. The summed E-state index contributed by atoms with van der Waals surface area (Å²) >= 11 is 3.93. The van der Waals surface area contributed by atoms with Crippen LogP contribution in [0.1, 0.15) is 5.56 Å². The molecule has 0 bridgehead atoms. The van der Waals surface area contributed by atoms with E-state index in [-0.39, 0.29) is 0 Å². The molecular weight excluding hydrogens is 345 g/mol. The predicted octanol–water partition coefficient (Wildman–Crippen LogP) is 3.42. The third-order valence-electron chi connectivity index (χ3n) is 2.23. The van der Waals surface area contributed by atoms with Crippen molar-refractivity contribution in [3.63, 3.8) is 0 Å². The van der Waals surface area contributed by atoms with Crippen molar-refractivity contribution in [3.05, 3.63) is 45.9 Å². The molecule has 0 aliphatic rings. The number of benzene rings is 1. The Morgan fingerprint density at radius 1 is 1.24 bits per heavy atom. The smallest absolute Gasteiger partial charge is 0.128 e. The number of hydrogen-bond acceptors (Lipinski definition) is 4. The van der Waals surface area contributed by atoms with Gasteiger partial charge >= 0.3 is 0 Å². The fourth-order valence-corrected chi connectivity index (χ4v) is 3.19. The van der Waals surface area contributed by atoms with E-state index in [0.29, 0.717) is 0 Å². The molecule has 88 valence electrons. The van der Waals surface area contributed by atoms with Crippen LogP contribution in [0.5, 0.6) is 0 Å². The molecule has 2 aromatic rings. The first-order valence-corrected chi connectivity index (χ1v) is 7.22. The van der Waals surface area contributed by atoms with Crippen molar-refractivity contribution in [2.24, 2.45) is 0 Å². The van der Waals surface area contributed by atoms with Gasteiger partial charge in [-0.05, 0) is 28.2 Å². The van der Waals surface area contributed by atoms with Gasteiger partial charge in [-0.2, -0.15) is 0 Å². The molecule has 1 aromatic carbocycles. The standard InChI is InChI=1S/C12H12IN3S/c1-14-10-11(13)15-8-16-12(10)17-7-9-5-3-2-4-6-9/h2-6,8,14H,7H2,1H3. The molecule has 0 spiro atoms. The lowest BCUT2D eigenvalue weighted by molar-refractivity contribution is 1.02. The molecule has 1 aromatic heterocycles. The van der Waals surface area contributed by atoms with Gasteiger partial charge in [0, 0.05) is 12.8 Å². The summed E-state index contributed by atoms with van der Waals surface area (Å²) in [6.07, 6.45) is 1.61. The molecule has 0 radical (unpaired) electrons. The van der Waals surface area contributed by atoms with Gasteiger partial charge in [0.05, 0.1) is 5.69 Å². The van der Waals surface area contributed by atoms with Crippen LogP contribution in [0.4, 0.5) is 5.69 Å². The van der Waals surface area contributed by atoms with Crippen LogP contribution < -0.4 is 5.32 Å². The van der Waals surface area contributed by atoms with Crippen molar-refractivity contribution < 1.29 is 0 Å². The van der Waals surface area contributed by atoms with Crippen molar-refractivity contribution in [3.8, 4) is 0 Å². The lowest BCUT2D eigenvalue weighted by Gasteiger charge is -2.08. The minimum Gasteiger partial charge on any atom is -0.384 e. The number of aromatic nitrogens is 2. The SMILES string of the molecule is CNc1c(I)ncnc1SCc1ccccc1. The second kappa shape index (κ2) is 6.20. The molecule has 1 N–H and O–H groups in total. The topological polar surface area (TPSA) is 37.8 Å². The first-order valence-electron chi connectivity index (χ1n) is 5.16. The van der Waals surface area contributed by atoms with Gasteiger partial charge in [0.25, 0.3) is 0 Å². The van der Waals surface area contributed by atoms with Gasteiger partial charge in [0.1, 0.15) is 15.1 Å². The molecule has 0 unspecified atom stereocenters. The number of thioether (sulfide) groups is 1. The quantitative estimate of drug-likeness (QED) is 0.517. The van der Waals surface area contributed by atoms with Crippen molar-refractivity contribution in [2.75, 3.05) is 12.4 Å². The second-order valence-corrected chi connectivity index (χ2v) is 5.35. The zero-order valence-corrected chi connectivity index (χ0v) is 12.3. The van der Waals surface area contributed by atoms with E-state index in [9.17, 15) is 0 Å². The van der Waals surface area contributed by atoms with Crippen LogP contribution in [0.25, 0.3) is 0 Å². The van der Waals surface area contributed by atoms with Crippen LogP contribution in [-0.4, -0.2) is 17.0 Å². The summed E-state index contributed by atoms with van der Waals surface area (Å²) in [7, 11) is 1.90. The number of nitrogens with zero attached hydrogens (tertiary/aromatic N) is 2. The van der Waals surface area contributed by atoms with Crippen LogP contribution >= 0.6 is 34.4 Å². The van der Waals surface area contributed by atoms with E-state index in [1.807, 2.05) is 13.1 Å². The van der Waals surface area contributed by atoms with Gasteiger partial charge in [-0.25, -0.2) is 9.97 Å². The molecule has 0 aliphatic carbocycles. The van der Waals surface area contributed by atoms with Gasteiger partial charge in [0.15, 0.2) is 0 Å². The fraction of sp³-hybridized carbons (Fsp3) is 0.167. The molecule has 0 atom stereocenters. The Morgan fingerprint density at radius 3 is 2.71 bits per heavy atom. The Kier molecular flexibility index (Phi) is 4.61. The van der Waals surface area contributed by atoms with Gasteiger partial charge < -0.3 is 5.32 Å². The van der Waals surface area contributed by atoms with Crippen molar-refractivity contribution in [1.82, 2.24) is 9.97 Å². The Balaban J connectivity index is 2.12. The highest BCUT2D eigenvalue weighted by molar-refractivity contribution is 14.1. The number of hydrogen-bond donors (Lipinski definition) is 1. The van der Waals surface area contributed by atoms with Gasteiger partial charge in [-0.1, -0.05) is 42.1 Å². The average molecular weight is 357 g/mol. The van der Waals surface area contributed by atoms with Gasteiger partial charge in [-0.15, -0.1) is 0 Å². The van der Waals surface area contributed by atoms with E-state index in [1.54, 1.807) is 18.1 Å². The van der Waals surface area contributed by atoms with Crippen LogP contribution in [0, 0.1) is 3.70 Å². The van der Waals surface area contributed by atoms with Crippen LogP contribution in [-0.2, 0) is 5.75 Å². The molecule has 1 heterocycles. The highest BCUT2D eigenvalue weighted by Gasteiger charge is 2.08. The largest absolute Gasteiger partial charge is 0.384 e. The summed E-state index contributed by atoms with van der Waals surface area (Å²) in [5.74, 6) is 0.919. The summed E-state index contributed by atoms with van der Waals surface area (Å²) in [4.78, 5) is 8.48. The van der Waals surface area contributed by atoms with Gasteiger partial charge in [0.2, 0.25) is 0 Å². The Bertz CT molecular complexity index is 490. The molecule has 5 heteroatoms. The first-order chi connectivity index (χ1) is 8.31. The highest BCUT2D eigenvalue weighted by atomic mass is 127. The van der Waals surface area contributed by atoms with Crippen LogP contribution in [0.2, 0.25) is 0 Å². The normalized spacial score (nSPS) is 10.2. The van der Waals surface area contributed by atoms with Crippen LogP contribution in [0.15, 0.2) is 41.7 Å². The lowest BCUT2D eigenvalue weighted by Crippen LogP contribution is -1.99. The minimum atomic E-state index is 0.919. The van der Waals surface area contributed by atoms with E-state index < -0.39 is 0 Å². The number of rotatable bonds is 4. The third kappa shape index (κ3) is 3.32. The Labute approximate surface area is 119 Å². The maximum absolute atomic E-state index is 4.31. The number of halogens is 1. The molecule has 0 saturated heterocycles. The highest BCUT2D eigenvalue weighted by Crippen LogP contribution is 2.29. The fourth-order valence-electron chi connectivity index (χ4n) is 1.39. The number of nitrogens with one attached hydrogen (secondary N) is 1. The maximum atomic E-state index is 4.31. The van der Waals surface area contributed by atoms with E-state index in [4.69, 9.17) is 0 Å². The minimum absolute atomic E-state index is 0.919.